The highest BCUT2D eigenvalue weighted by atomic mass is 16.3. The second kappa shape index (κ2) is 2.79. The fourth-order valence-corrected chi connectivity index (χ4v) is 0.879. The van der Waals surface area contributed by atoms with Gasteiger partial charge in [-0.15, -0.1) is 0 Å². The van der Waals surface area contributed by atoms with E-state index in [1.165, 1.54) is 4.68 Å². The van der Waals surface area contributed by atoms with Gasteiger partial charge in [-0.25, -0.2) is 0 Å². The highest BCUT2D eigenvalue weighted by Gasteiger charge is 2.10. The number of nitrogens with zero attached hydrogens (tertiary/aromatic N) is 1. The van der Waals surface area contributed by atoms with E-state index in [2.05, 4.69) is 5.10 Å². The molecule has 1 rings (SSSR count). The molecule has 0 aliphatic heterocycles. The van der Waals surface area contributed by atoms with E-state index in [9.17, 15) is 9.90 Å². The minimum Gasteiger partial charge on any atom is -0.493 e. The van der Waals surface area contributed by atoms with Gasteiger partial charge in [0.25, 0.3) is 5.56 Å². The summed E-state index contributed by atoms with van der Waals surface area (Å²) in [5.41, 5.74) is -0.418. The molecule has 1 heterocycles. The average Bonchev–Trinajstić information content (AvgIpc) is 2.26. The summed E-state index contributed by atoms with van der Waals surface area (Å²) in [6, 6.07) is 0. The summed E-state index contributed by atoms with van der Waals surface area (Å²) in [6.45, 7) is 1.81. The molecule has 0 unspecified atom stereocenters. The van der Waals surface area contributed by atoms with Crippen molar-refractivity contribution in [2.24, 2.45) is 0 Å². The lowest BCUT2D eigenvalue weighted by Gasteiger charge is -1.97. The third-order valence-corrected chi connectivity index (χ3v) is 1.51. The number of aryl methyl sites for hydroxylation is 1. The molecule has 0 atom stereocenters. The lowest BCUT2D eigenvalue weighted by molar-refractivity contribution is 0.272. The Morgan fingerprint density at radius 2 is 2.27 bits per heavy atom. The molecule has 0 radical (unpaired) electrons. The molecule has 5 nitrogen and oxygen atoms in total. The van der Waals surface area contributed by atoms with Crippen molar-refractivity contribution in [3.05, 3.63) is 15.9 Å². The third-order valence-electron chi connectivity index (χ3n) is 1.51. The maximum atomic E-state index is 10.9. The quantitative estimate of drug-likeness (QED) is 0.537. The van der Waals surface area contributed by atoms with Crippen LogP contribution in [0.5, 0.6) is 5.88 Å². The number of aromatic amines is 1. The first-order valence-corrected chi connectivity index (χ1v) is 3.32. The summed E-state index contributed by atoms with van der Waals surface area (Å²) in [5.74, 6) is -0.181. The number of aromatic nitrogens is 2. The number of aliphatic hydroxyl groups excluding tert-OH is 1. The summed E-state index contributed by atoms with van der Waals surface area (Å²) in [5, 5.41) is 20.2. The molecule has 62 valence electrons. The van der Waals surface area contributed by atoms with Crippen molar-refractivity contribution in [1.29, 1.82) is 0 Å². The number of aromatic hydroxyl groups is 1. The van der Waals surface area contributed by atoms with Gasteiger partial charge in [-0.05, 0) is 6.92 Å². The molecule has 0 aliphatic rings. The molecular formula is C6H10N2O3. The van der Waals surface area contributed by atoms with Crippen LogP contribution in [-0.4, -0.2) is 20.0 Å². The zero-order valence-electron chi connectivity index (χ0n) is 6.16. The van der Waals surface area contributed by atoms with Crippen LogP contribution in [0.15, 0.2) is 4.79 Å². The second-order valence-electron chi connectivity index (χ2n) is 2.15. The highest BCUT2D eigenvalue weighted by molar-refractivity contribution is 5.21. The first-order valence-electron chi connectivity index (χ1n) is 3.32. The van der Waals surface area contributed by atoms with Gasteiger partial charge in [-0.2, -0.15) is 0 Å². The molecule has 5 heteroatoms. The van der Waals surface area contributed by atoms with Crippen molar-refractivity contribution < 1.29 is 10.2 Å². The van der Waals surface area contributed by atoms with Crippen LogP contribution in [0.2, 0.25) is 0 Å². The Kier molecular flexibility index (Phi) is 2.00. The number of hydrogen-bond donors (Lipinski definition) is 3. The van der Waals surface area contributed by atoms with Crippen LogP contribution in [0.4, 0.5) is 0 Å². The standard InChI is InChI=1S/C6H10N2O3/c1-2-8-6(11)4(3-9)5(10)7-8/h9,11H,2-3H2,1H3,(H,7,10). The van der Waals surface area contributed by atoms with Crippen molar-refractivity contribution in [2.45, 2.75) is 20.1 Å². The number of aliphatic hydroxyl groups is 1. The van der Waals surface area contributed by atoms with Crippen molar-refractivity contribution in [1.82, 2.24) is 9.78 Å². The number of nitrogens with one attached hydrogen (secondary N) is 1. The van der Waals surface area contributed by atoms with Crippen LogP contribution in [0.25, 0.3) is 0 Å². The maximum Gasteiger partial charge on any atom is 0.273 e. The highest BCUT2D eigenvalue weighted by Crippen LogP contribution is 2.10. The minimum atomic E-state index is -0.438. The topological polar surface area (TPSA) is 78.2 Å². The smallest absolute Gasteiger partial charge is 0.273 e. The van der Waals surface area contributed by atoms with Gasteiger partial charge in [-0.3, -0.25) is 14.6 Å². The van der Waals surface area contributed by atoms with Gasteiger partial charge >= 0.3 is 0 Å². The normalized spacial score (nSPS) is 10.4. The first-order chi connectivity index (χ1) is 5.20. The van der Waals surface area contributed by atoms with Crippen molar-refractivity contribution in [3.8, 4) is 5.88 Å². The van der Waals surface area contributed by atoms with Gasteiger partial charge in [0, 0.05) is 6.54 Å². The van der Waals surface area contributed by atoms with Gasteiger partial charge in [0.2, 0.25) is 5.88 Å². The Bertz CT molecular complexity index is 299. The third kappa shape index (κ3) is 1.14. The Labute approximate surface area is 62.9 Å². The zero-order chi connectivity index (χ0) is 8.43. The van der Waals surface area contributed by atoms with E-state index in [0.29, 0.717) is 6.54 Å². The molecule has 1 aromatic heterocycles. The number of rotatable bonds is 2. The van der Waals surface area contributed by atoms with Gasteiger partial charge in [0.1, 0.15) is 5.56 Å². The van der Waals surface area contributed by atoms with Crippen LogP contribution in [0.3, 0.4) is 0 Å². The van der Waals surface area contributed by atoms with Crippen LogP contribution in [0, 0.1) is 0 Å². The molecule has 11 heavy (non-hydrogen) atoms. The van der Waals surface area contributed by atoms with E-state index in [1.54, 1.807) is 6.92 Å². The predicted octanol–water partition coefficient (Wildman–Crippen LogP) is -0.606. The molecule has 0 aliphatic carbocycles. The van der Waals surface area contributed by atoms with Crippen LogP contribution in [-0.2, 0) is 13.2 Å². The lowest BCUT2D eigenvalue weighted by Crippen LogP contribution is -2.07. The van der Waals surface area contributed by atoms with Crippen molar-refractivity contribution >= 4 is 0 Å². The van der Waals surface area contributed by atoms with Crippen LogP contribution >= 0.6 is 0 Å². The monoisotopic (exact) mass is 158 g/mol. The Hall–Kier alpha value is -1.23. The second-order valence-corrected chi connectivity index (χ2v) is 2.15. The van der Waals surface area contributed by atoms with Crippen molar-refractivity contribution in [2.75, 3.05) is 0 Å². The molecule has 0 spiro atoms. The van der Waals surface area contributed by atoms with E-state index >= 15 is 0 Å². The summed E-state index contributed by atoms with van der Waals surface area (Å²) in [4.78, 5) is 10.9. The molecule has 0 saturated carbocycles. The first kappa shape index (κ1) is 7.87. The number of H-pyrrole nitrogens is 1. The Balaban J connectivity index is 3.25. The summed E-state index contributed by atoms with van der Waals surface area (Å²) in [7, 11) is 0. The van der Waals surface area contributed by atoms with Crippen LogP contribution < -0.4 is 5.56 Å². The van der Waals surface area contributed by atoms with Gasteiger partial charge in [0.05, 0.1) is 6.61 Å². The molecule has 0 fully saturated rings. The average molecular weight is 158 g/mol. The Morgan fingerprint density at radius 3 is 2.55 bits per heavy atom. The summed E-state index contributed by atoms with van der Waals surface area (Å²) in [6.07, 6.45) is 0. The molecule has 1 aromatic rings. The van der Waals surface area contributed by atoms with E-state index in [4.69, 9.17) is 5.11 Å². The molecule has 0 amide bonds. The fraction of sp³-hybridized carbons (Fsp3) is 0.500. The van der Waals surface area contributed by atoms with Gasteiger partial charge in [0.15, 0.2) is 0 Å². The predicted molar refractivity (Wildman–Crippen MR) is 38.3 cm³/mol. The van der Waals surface area contributed by atoms with Gasteiger partial charge < -0.3 is 10.2 Å². The maximum absolute atomic E-state index is 10.9. The largest absolute Gasteiger partial charge is 0.493 e. The fourth-order valence-electron chi connectivity index (χ4n) is 0.879. The molecule has 0 saturated heterocycles. The van der Waals surface area contributed by atoms with E-state index < -0.39 is 12.2 Å². The summed E-state index contributed by atoms with van der Waals surface area (Å²) < 4.78 is 1.27. The van der Waals surface area contributed by atoms with Crippen molar-refractivity contribution in [3.63, 3.8) is 0 Å². The van der Waals surface area contributed by atoms with E-state index in [0.717, 1.165) is 0 Å². The molecule has 0 bridgehead atoms. The number of hydrogen-bond acceptors (Lipinski definition) is 3. The Morgan fingerprint density at radius 1 is 1.64 bits per heavy atom. The van der Waals surface area contributed by atoms with Crippen LogP contribution in [0.1, 0.15) is 12.5 Å². The SMILES string of the molecule is CCn1[nH]c(=O)c(CO)c1O. The van der Waals surface area contributed by atoms with E-state index in [1.807, 2.05) is 0 Å². The molecular weight excluding hydrogens is 148 g/mol. The lowest BCUT2D eigenvalue weighted by atomic mass is 10.4. The molecule has 3 N–H and O–H groups in total. The summed E-state index contributed by atoms with van der Waals surface area (Å²) >= 11 is 0. The zero-order valence-corrected chi connectivity index (χ0v) is 6.16. The van der Waals surface area contributed by atoms with E-state index in [-0.39, 0.29) is 11.4 Å². The molecule has 0 aromatic carbocycles. The van der Waals surface area contributed by atoms with Gasteiger partial charge in [-0.1, -0.05) is 0 Å². The minimum absolute atomic E-state index is 0.0202.